The first-order valence-electron chi connectivity index (χ1n) is 10.1. The third-order valence-corrected chi connectivity index (χ3v) is 6.27. The summed E-state index contributed by atoms with van der Waals surface area (Å²) in [5.41, 5.74) is 8.70. The molecule has 0 saturated heterocycles. The molecule has 2 heterocycles. The fourth-order valence-corrected chi connectivity index (χ4v) is 4.54. The molecule has 28 heavy (non-hydrogen) atoms. The predicted octanol–water partition coefficient (Wildman–Crippen LogP) is 6.00. The van der Waals surface area contributed by atoms with Crippen molar-refractivity contribution in [2.75, 3.05) is 11.9 Å². The number of nitrogens with one attached hydrogen (secondary N) is 1. The minimum absolute atomic E-state index is 0.0311. The summed E-state index contributed by atoms with van der Waals surface area (Å²) in [7, 11) is 2.18. The molecule has 1 aromatic heterocycles. The number of aryl methyl sites for hydroxylation is 3. The summed E-state index contributed by atoms with van der Waals surface area (Å²) in [5, 5.41) is 4.95. The van der Waals surface area contributed by atoms with Gasteiger partial charge in [-0.05, 0) is 43.0 Å². The normalized spacial score (nSPS) is 21.2. The number of anilines is 1. The maximum absolute atomic E-state index is 4.92. The molecular formula is C25H29N3. The Balaban J connectivity index is 1.96. The summed E-state index contributed by atoms with van der Waals surface area (Å²) in [6, 6.07) is 15.1. The lowest BCUT2D eigenvalue weighted by molar-refractivity contribution is 0.445. The van der Waals surface area contributed by atoms with E-state index in [1.807, 2.05) is 6.21 Å². The molecule has 0 spiro atoms. The minimum atomic E-state index is -0.0311. The van der Waals surface area contributed by atoms with E-state index in [-0.39, 0.29) is 5.41 Å². The number of hydrogen-bond acceptors (Lipinski definition) is 2. The Morgan fingerprint density at radius 3 is 2.50 bits per heavy atom. The molecule has 0 radical (unpaired) electrons. The lowest BCUT2D eigenvalue weighted by Gasteiger charge is -2.28. The number of aromatic nitrogens is 1. The van der Waals surface area contributed by atoms with E-state index < -0.39 is 0 Å². The molecule has 0 fully saturated rings. The summed E-state index contributed by atoms with van der Waals surface area (Å²) >= 11 is 0. The van der Waals surface area contributed by atoms with Gasteiger partial charge in [-0.25, -0.2) is 0 Å². The molecule has 4 rings (SSSR count). The molecule has 1 N–H and O–H groups in total. The molecule has 3 heteroatoms. The van der Waals surface area contributed by atoms with Gasteiger partial charge in [0.2, 0.25) is 0 Å². The van der Waals surface area contributed by atoms with Crippen LogP contribution in [0.4, 0.5) is 5.69 Å². The number of para-hydroxylation sites is 1. The van der Waals surface area contributed by atoms with E-state index in [0.717, 1.165) is 18.5 Å². The number of aliphatic imine (C=N–C) groups is 1. The van der Waals surface area contributed by atoms with Crippen LogP contribution in [0.15, 0.2) is 53.7 Å². The maximum Gasteiger partial charge on any atom is 0.0679 e. The van der Waals surface area contributed by atoms with Gasteiger partial charge in [0.25, 0.3) is 0 Å². The molecule has 3 nitrogen and oxygen atoms in total. The molecule has 0 bridgehead atoms. The van der Waals surface area contributed by atoms with Crippen molar-refractivity contribution in [2.24, 2.45) is 12.0 Å². The Kier molecular flexibility index (Phi) is 4.62. The Labute approximate surface area is 167 Å². The Hall–Kier alpha value is -2.81. The maximum atomic E-state index is 4.92. The molecule has 0 amide bonds. The Morgan fingerprint density at radius 1 is 1.07 bits per heavy atom. The van der Waals surface area contributed by atoms with E-state index in [9.17, 15) is 0 Å². The average Bonchev–Trinajstić information content (AvgIpc) is 3.00. The Morgan fingerprint density at radius 2 is 1.79 bits per heavy atom. The van der Waals surface area contributed by atoms with E-state index in [2.05, 4.69) is 93.3 Å². The molecule has 1 atom stereocenters. The molecule has 144 valence electrons. The zero-order chi connectivity index (χ0) is 19.9. The molecule has 1 aliphatic heterocycles. The van der Waals surface area contributed by atoms with Crippen LogP contribution in [0.2, 0.25) is 0 Å². The van der Waals surface area contributed by atoms with Crippen molar-refractivity contribution < 1.29 is 0 Å². The second-order valence-electron chi connectivity index (χ2n) is 8.19. The fraction of sp³-hybridized carbons (Fsp3) is 0.320. The molecule has 1 aliphatic rings. The van der Waals surface area contributed by atoms with E-state index in [1.165, 1.54) is 39.0 Å². The van der Waals surface area contributed by atoms with Gasteiger partial charge in [-0.3, -0.25) is 4.99 Å². The number of nitrogens with zero attached hydrogens (tertiary/aromatic N) is 2. The fourth-order valence-electron chi connectivity index (χ4n) is 4.54. The second-order valence-corrected chi connectivity index (χ2v) is 8.19. The first-order valence-corrected chi connectivity index (χ1v) is 10.1. The highest BCUT2D eigenvalue weighted by Crippen LogP contribution is 2.41. The minimum Gasteiger partial charge on any atom is -0.359 e. The summed E-state index contributed by atoms with van der Waals surface area (Å²) in [5.74, 6) is 0. The van der Waals surface area contributed by atoms with Crippen LogP contribution in [0.5, 0.6) is 0 Å². The number of fused-ring (bicyclic) bond motifs is 3. The van der Waals surface area contributed by atoms with Gasteiger partial charge in [-0.1, -0.05) is 50.2 Å². The first-order chi connectivity index (χ1) is 13.5. The summed E-state index contributed by atoms with van der Waals surface area (Å²) in [6.07, 6.45) is 5.21. The summed E-state index contributed by atoms with van der Waals surface area (Å²) in [4.78, 5) is 4.92. The molecule has 2 aromatic carbocycles. The predicted molar refractivity (Wildman–Crippen MR) is 121 cm³/mol. The van der Waals surface area contributed by atoms with Gasteiger partial charge in [0.05, 0.1) is 11.2 Å². The Bertz CT molecular complexity index is 1080. The highest BCUT2D eigenvalue weighted by molar-refractivity contribution is 6.12. The van der Waals surface area contributed by atoms with Crippen molar-refractivity contribution in [1.82, 2.24) is 4.57 Å². The first kappa shape index (κ1) is 18.5. The average molecular weight is 372 g/mol. The van der Waals surface area contributed by atoms with Crippen LogP contribution in [0.25, 0.3) is 16.5 Å². The molecule has 0 aliphatic carbocycles. The van der Waals surface area contributed by atoms with Crippen LogP contribution in [0.3, 0.4) is 0 Å². The third-order valence-electron chi connectivity index (χ3n) is 6.27. The standard InChI is InChI=1S/C25H29N3/c1-6-25(4)16-26-14-19(22-17(2)10-9-11-18(22)3)15-27-23-20-12-7-8-13-21(20)28(5)24(23)25/h7-15,27H,6,16H2,1-5H3/b19-15+,26-14?. The van der Waals surface area contributed by atoms with E-state index in [4.69, 9.17) is 4.99 Å². The van der Waals surface area contributed by atoms with Gasteiger partial charge in [-0.2, -0.15) is 0 Å². The highest BCUT2D eigenvalue weighted by Gasteiger charge is 2.32. The van der Waals surface area contributed by atoms with E-state index in [1.54, 1.807) is 0 Å². The zero-order valence-electron chi connectivity index (χ0n) is 17.5. The van der Waals surface area contributed by atoms with Crippen molar-refractivity contribution in [1.29, 1.82) is 0 Å². The molecular weight excluding hydrogens is 342 g/mol. The molecule has 0 saturated carbocycles. The van der Waals surface area contributed by atoms with Gasteiger partial charge < -0.3 is 9.88 Å². The van der Waals surface area contributed by atoms with Crippen LogP contribution in [-0.2, 0) is 12.5 Å². The number of benzene rings is 2. The monoisotopic (exact) mass is 371 g/mol. The van der Waals surface area contributed by atoms with Crippen molar-refractivity contribution in [3.8, 4) is 0 Å². The van der Waals surface area contributed by atoms with Crippen LogP contribution in [0.1, 0.15) is 42.7 Å². The van der Waals surface area contributed by atoms with Crippen molar-refractivity contribution >= 4 is 28.4 Å². The van der Waals surface area contributed by atoms with Crippen LogP contribution >= 0.6 is 0 Å². The summed E-state index contributed by atoms with van der Waals surface area (Å²) < 4.78 is 2.34. The van der Waals surface area contributed by atoms with Gasteiger partial charge in [0, 0.05) is 48.1 Å². The van der Waals surface area contributed by atoms with Gasteiger partial charge in [0.1, 0.15) is 0 Å². The second kappa shape index (κ2) is 6.97. The largest absolute Gasteiger partial charge is 0.359 e. The topological polar surface area (TPSA) is 29.3 Å². The van der Waals surface area contributed by atoms with Crippen molar-refractivity contribution in [3.63, 3.8) is 0 Å². The van der Waals surface area contributed by atoms with E-state index >= 15 is 0 Å². The SMILES string of the molecule is CCC1(C)CN=C/C(c2c(C)cccc2C)=C\Nc2c1n(C)c1ccccc21. The van der Waals surface area contributed by atoms with Crippen LogP contribution in [-0.4, -0.2) is 17.3 Å². The highest BCUT2D eigenvalue weighted by atomic mass is 15.0. The van der Waals surface area contributed by atoms with E-state index in [0.29, 0.717) is 0 Å². The molecule has 1 unspecified atom stereocenters. The number of rotatable bonds is 2. The quantitative estimate of drug-likeness (QED) is 0.588. The van der Waals surface area contributed by atoms with Gasteiger partial charge >= 0.3 is 0 Å². The smallest absolute Gasteiger partial charge is 0.0679 e. The lowest BCUT2D eigenvalue weighted by atomic mass is 9.83. The third kappa shape index (κ3) is 2.86. The number of allylic oxidation sites excluding steroid dienone is 1. The summed E-state index contributed by atoms with van der Waals surface area (Å²) in [6.45, 7) is 9.69. The van der Waals surface area contributed by atoms with Gasteiger partial charge in [-0.15, -0.1) is 0 Å². The van der Waals surface area contributed by atoms with Gasteiger partial charge in [0.15, 0.2) is 0 Å². The van der Waals surface area contributed by atoms with Crippen LogP contribution < -0.4 is 5.32 Å². The lowest BCUT2D eigenvalue weighted by Crippen LogP contribution is -2.28. The number of hydrogen-bond donors (Lipinski definition) is 1. The zero-order valence-corrected chi connectivity index (χ0v) is 17.5. The van der Waals surface area contributed by atoms with Crippen molar-refractivity contribution in [3.05, 3.63) is 71.0 Å². The van der Waals surface area contributed by atoms with Crippen molar-refractivity contribution in [2.45, 2.75) is 39.5 Å². The van der Waals surface area contributed by atoms with Crippen LogP contribution in [0, 0.1) is 13.8 Å². The molecule has 3 aromatic rings.